The topological polar surface area (TPSA) is 29.3 Å². The third kappa shape index (κ3) is 3.10. The van der Waals surface area contributed by atoms with Gasteiger partial charge in [-0.3, -0.25) is 4.90 Å². The van der Waals surface area contributed by atoms with E-state index in [0.29, 0.717) is 18.0 Å². The summed E-state index contributed by atoms with van der Waals surface area (Å²) in [4.78, 5) is 2.59. The van der Waals surface area contributed by atoms with Crippen molar-refractivity contribution in [2.45, 2.75) is 46.1 Å². The van der Waals surface area contributed by atoms with Crippen LogP contribution in [0.3, 0.4) is 0 Å². The first-order valence-electron chi connectivity index (χ1n) is 7.75. The molecular formula is C17H27BrN2. The molecule has 2 N–H and O–H groups in total. The summed E-state index contributed by atoms with van der Waals surface area (Å²) in [7, 11) is 0. The van der Waals surface area contributed by atoms with Crippen molar-refractivity contribution in [1.29, 1.82) is 0 Å². The van der Waals surface area contributed by atoms with Crippen LogP contribution in [-0.2, 0) is 0 Å². The summed E-state index contributed by atoms with van der Waals surface area (Å²) >= 11 is 3.64. The van der Waals surface area contributed by atoms with Gasteiger partial charge in [0.25, 0.3) is 0 Å². The maximum atomic E-state index is 6.09. The van der Waals surface area contributed by atoms with E-state index >= 15 is 0 Å². The van der Waals surface area contributed by atoms with Gasteiger partial charge in [0.2, 0.25) is 0 Å². The quantitative estimate of drug-likeness (QED) is 0.868. The number of aryl methyl sites for hydroxylation is 1. The van der Waals surface area contributed by atoms with Crippen LogP contribution in [-0.4, -0.2) is 24.5 Å². The predicted octanol–water partition coefficient (Wildman–Crippen LogP) is 4.27. The summed E-state index contributed by atoms with van der Waals surface area (Å²) in [6.45, 7) is 9.83. The summed E-state index contributed by atoms with van der Waals surface area (Å²) < 4.78 is 1.19. The van der Waals surface area contributed by atoms with Crippen LogP contribution in [0.2, 0.25) is 0 Å². The molecule has 112 valence electrons. The van der Waals surface area contributed by atoms with E-state index < -0.39 is 0 Å². The third-order valence-corrected chi connectivity index (χ3v) is 6.07. The Kier molecular flexibility index (Phi) is 5.27. The molecule has 1 aliphatic rings. The van der Waals surface area contributed by atoms with E-state index in [2.05, 4.69) is 59.8 Å². The number of benzene rings is 1. The summed E-state index contributed by atoms with van der Waals surface area (Å²) in [5.74, 6) is 0. The number of hydrogen-bond acceptors (Lipinski definition) is 2. The Labute approximate surface area is 131 Å². The van der Waals surface area contributed by atoms with Gasteiger partial charge in [-0.25, -0.2) is 0 Å². The molecule has 0 aromatic heterocycles. The minimum absolute atomic E-state index is 0.354. The molecule has 1 aliphatic heterocycles. The maximum absolute atomic E-state index is 6.09. The molecule has 20 heavy (non-hydrogen) atoms. The van der Waals surface area contributed by atoms with Gasteiger partial charge < -0.3 is 5.73 Å². The molecule has 0 spiro atoms. The average Bonchev–Trinajstić information content (AvgIpc) is 2.88. The fourth-order valence-corrected chi connectivity index (χ4v) is 3.77. The monoisotopic (exact) mass is 338 g/mol. The van der Waals surface area contributed by atoms with Crippen LogP contribution in [0, 0.1) is 12.3 Å². The zero-order valence-electron chi connectivity index (χ0n) is 13.0. The zero-order chi connectivity index (χ0) is 14.8. The fraction of sp³-hybridized carbons (Fsp3) is 0.647. The highest BCUT2D eigenvalue weighted by Crippen LogP contribution is 2.40. The number of rotatable bonds is 5. The Morgan fingerprint density at radius 3 is 2.55 bits per heavy atom. The third-order valence-electron chi connectivity index (χ3n) is 5.21. The smallest absolute Gasteiger partial charge is 0.0471 e. The molecular weight excluding hydrogens is 312 g/mol. The first-order valence-corrected chi connectivity index (χ1v) is 8.54. The SMILES string of the molecule is CCC1(CC)CCN(C(CN)c2ccc(C)c(Br)c2)C1. The second-order valence-electron chi connectivity index (χ2n) is 6.19. The molecule has 0 amide bonds. The molecule has 0 aliphatic carbocycles. The van der Waals surface area contributed by atoms with Crippen molar-refractivity contribution in [3.8, 4) is 0 Å². The standard InChI is InChI=1S/C17H27BrN2/c1-4-17(5-2)8-9-20(12-17)16(11-19)14-7-6-13(3)15(18)10-14/h6-7,10,16H,4-5,8-9,11-12,19H2,1-3H3. The van der Waals surface area contributed by atoms with Gasteiger partial charge in [-0.05, 0) is 55.3 Å². The minimum Gasteiger partial charge on any atom is -0.329 e. The van der Waals surface area contributed by atoms with Crippen molar-refractivity contribution in [2.75, 3.05) is 19.6 Å². The highest BCUT2D eigenvalue weighted by atomic mass is 79.9. The van der Waals surface area contributed by atoms with Crippen LogP contribution < -0.4 is 5.73 Å². The lowest BCUT2D eigenvalue weighted by atomic mass is 9.82. The molecule has 0 radical (unpaired) electrons. The van der Waals surface area contributed by atoms with Gasteiger partial charge in [0.15, 0.2) is 0 Å². The Bertz CT molecular complexity index is 454. The molecule has 1 atom stereocenters. The molecule has 3 heteroatoms. The first-order chi connectivity index (χ1) is 9.55. The van der Waals surface area contributed by atoms with Crippen LogP contribution in [0.15, 0.2) is 22.7 Å². The van der Waals surface area contributed by atoms with Crippen LogP contribution in [0.4, 0.5) is 0 Å². The molecule has 1 unspecified atom stereocenters. The maximum Gasteiger partial charge on any atom is 0.0471 e. The average molecular weight is 339 g/mol. The Morgan fingerprint density at radius 2 is 2.05 bits per heavy atom. The molecule has 1 fully saturated rings. The second kappa shape index (κ2) is 6.59. The highest BCUT2D eigenvalue weighted by Gasteiger charge is 2.37. The van der Waals surface area contributed by atoms with Gasteiger partial charge in [-0.2, -0.15) is 0 Å². The van der Waals surface area contributed by atoms with Crippen LogP contribution in [0.1, 0.15) is 50.3 Å². The van der Waals surface area contributed by atoms with E-state index in [4.69, 9.17) is 5.73 Å². The van der Waals surface area contributed by atoms with E-state index in [1.54, 1.807) is 0 Å². The van der Waals surface area contributed by atoms with Gasteiger partial charge in [-0.1, -0.05) is 41.9 Å². The van der Waals surface area contributed by atoms with E-state index in [0.717, 1.165) is 0 Å². The summed E-state index contributed by atoms with van der Waals surface area (Å²) in [6, 6.07) is 7.01. The van der Waals surface area contributed by atoms with Crippen molar-refractivity contribution in [2.24, 2.45) is 11.1 Å². The van der Waals surface area contributed by atoms with Crippen molar-refractivity contribution in [3.05, 3.63) is 33.8 Å². The molecule has 1 saturated heterocycles. The number of likely N-dealkylation sites (tertiary alicyclic amines) is 1. The molecule has 1 aromatic carbocycles. The van der Waals surface area contributed by atoms with Gasteiger partial charge in [0.05, 0.1) is 0 Å². The second-order valence-corrected chi connectivity index (χ2v) is 7.04. The van der Waals surface area contributed by atoms with Crippen molar-refractivity contribution in [3.63, 3.8) is 0 Å². The van der Waals surface area contributed by atoms with Crippen LogP contribution in [0.5, 0.6) is 0 Å². The predicted molar refractivity (Wildman–Crippen MR) is 89.9 cm³/mol. The van der Waals surface area contributed by atoms with Crippen LogP contribution in [0.25, 0.3) is 0 Å². The number of nitrogens with zero attached hydrogens (tertiary/aromatic N) is 1. The van der Waals surface area contributed by atoms with Gasteiger partial charge >= 0.3 is 0 Å². The number of nitrogens with two attached hydrogens (primary N) is 1. The molecule has 2 nitrogen and oxygen atoms in total. The summed E-state index contributed by atoms with van der Waals surface area (Å²) in [5.41, 5.74) is 9.22. The zero-order valence-corrected chi connectivity index (χ0v) is 14.5. The summed E-state index contributed by atoms with van der Waals surface area (Å²) in [6.07, 6.45) is 3.85. The molecule has 0 bridgehead atoms. The highest BCUT2D eigenvalue weighted by molar-refractivity contribution is 9.10. The van der Waals surface area contributed by atoms with Gasteiger partial charge in [0, 0.05) is 23.6 Å². The molecule has 2 rings (SSSR count). The van der Waals surface area contributed by atoms with E-state index in [9.17, 15) is 0 Å². The Balaban J connectivity index is 2.19. The normalized spacial score (nSPS) is 20.2. The molecule has 1 aromatic rings. The number of halogens is 1. The molecule has 0 saturated carbocycles. The van der Waals surface area contributed by atoms with Crippen LogP contribution >= 0.6 is 15.9 Å². The minimum atomic E-state index is 0.354. The Morgan fingerprint density at radius 1 is 1.35 bits per heavy atom. The van der Waals surface area contributed by atoms with Gasteiger partial charge in [-0.15, -0.1) is 0 Å². The lowest BCUT2D eigenvalue weighted by Gasteiger charge is -2.31. The largest absolute Gasteiger partial charge is 0.329 e. The van der Waals surface area contributed by atoms with Crippen molar-refractivity contribution in [1.82, 2.24) is 4.90 Å². The lowest BCUT2D eigenvalue weighted by molar-refractivity contribution is 0.197. The van der Waals surface area contributed by atoms with Crippen molar-refractivity contribution < 1.29 is 0 Å². The van der Waals surface area contributed by atoms with E-state index in [-0.39, 0.29) is 0 Å². The first kappa shape index (κ1) is 16.0. The van der Waals surface area contributed by atoms with E-state index in [1.807, 2.05) is 0 Å². The Hall–Kier alpha value is -0.380. The van der Waals surface area contributed by atoms with Crippen molar-refractivity contribution >= 4 is 15.9 Å². The number of hydrogen-bond donors (Lipinski definition) is 1. The summed E-state index contributed by atoms with van der Waals surface area (Å²) in [5, 5.41) is 0. The lowest BCUT2D eigenvalue weighted by Crippen LogP contribution is -2.34. The molecule has 1 heterocycles. The fourth-order valence-electron chi connectivity index (χ4n) is 3.38. The van der Waals surface area contributed by atoms with Gasteiger partial charge in [0.1, 0.15) is 0 Å². The van der Waals surface area contributed by atoms with E-state index in [1.165, 1.54) is 48.0 Å².